The summed E-state index contributed by atoms with van der Waals surface area (Å²) in [4.78, 5) is 2.31. The SMILES string of the molecule is CCC(CC)(CO)CN(C)C(C)c1ccc(Cl)cc1. The van der Waals surface area contributed by atoms with Gasteiger partial charge in [-0.25, -0.2) is 0 Å². The number of benzene rings is 1. The Balaban J connectivity index is 2.76. The van der Waals surface area contributed by atoms with Crippen LogP contribution in [0.5, 0.6) is 0 Å². The summed E-state index contributed by atoms with van der Waals surface area (Å²) in [6.07, 6.45) is 2.00. The Hall–Kier alpha value is -0.570. The molecule has 1 aromatic carbocycles. The first-order chi connectivity index (χ1) is 8.98. The van der Waals surface area contributed by atoms with Crippen molar-refractivity contribution in [2.24, 2.45) is 5.41 Å². The third-order valence-corrected chi connectivity index (χ3v) is 4.69. The van der Waals surface area contributed by atoms with Crippen molar-refractivity contribution in [3.05, 3.63) is 34.9 Å². The van der Waals surface area contributed by atoms with Crippen LogP contribution in [-0.2, 0) is 0 Å². The normalized spacial score (nSPS) is 13.8. The summed E-state index contributed by atoms with van der Waals surface area (Å²) < 4.78 is 0. The van der Waals surface area contributed by atoms with E-state index < -0.39 is 0 Å². The highest BCUT2D eigenvalue weighted by Gasteiger charge is 2.28. The fraction of sp³-hybridized carbons (Fsp3) is 0.625. The van der Waals surface area contributed by atoms with Crippen LogP contribution >= 0.6 is 11.6 Å². The molecule has 0 spiro atoms. The molecule has 0 heterocycles. The molecule has 0 aliphatic heterocycles. The third kappa shape index (κ3) is 4.20. The van der Waals surface area contributed by atoms with Crippen LogP contribution in [0.2, 0.25) is 5.02 Å². The van der Waals surface area contributed by atoms with Gasteiger partial charge < -0.3 is 5.11 Å². The van der Waals surface area contributed by atoms with Crippen molar-refractivity contribution in [1.82, 2.24) is 4.90 Å². The minimum Gasteiger partial charge on any atom is -0.396 e. The zero-order chi connectivity index (χ0) is 14.5. The Morgan fingerprint density at radius 3 is 2.16 bits per heavy atom. The van der Waals surface area contributed by atoms with Crippen LogP contribution in [0.15, 0.2) is 24.3 Å². The molecule has 0 aromatic heterocycles. The van der Waals surface area contributed by atoms with Crippen LogP contribution in [-0.4, -0.2) is 30.2 Å². The molecule has 0 radical (unpaired) electrons. The Morgan fingerprint density at radius 2 is 1.74 bits per heavy atom. The van der Waals surface area contributed by atoms with E-state index in [0.717, 1.165) is 24.4 Å². The van der Waals surface area contributed by atoms with E-state index in [-0.39, 0.29) is 12.0 Å². The highest BCUT2D eigenvalue weighted by molar-refractivity contribution is 6.30. The molecule has 2 nitrogen and oxygen atoms in total. The van der Waals surface area contributed by atoms with E-state index >= 15 is 0 Å². The van der Waals surface area contributed by atoms with Gasteiger partial charge in [0.25, 0.3) is 0 Å². The van der Waals surface area contributed by atoms with Crippen molar-refractivity contribution in [3.8, 4) is 0 Å². The van der Waals surface area contributed by atoms with Crippen LogP contribution in [0, 0.1) is 5.41 Å². The number of hydrogen-bond acceptors (Lipinski definition) is 2. The van der Waals surface area contributed by atoms with Crippen molar-refractivity contribution in [3.63, 3.8) is 0 Å². The van der Waals surface area contributed by atoms with Crippen LogP contribution < -0.4 is 0 Å². The first-order valence-electron chi connectivity index (χ1n) is 7.04. The number of rotatable bonds is 7. The molecule has 3 heteroatoms. The molecular formula is C16H26ClNO. The molecule has 0 saturated heterocycles. The Bertz CT molecular complexity index is 365. The summed E-state index contributed by atoms with van der Waals surface area (Å²) in [7, 11) is 2.12. The van der Waals surface area contributed by atoms with Crippen LogP contribution in [0.3, 0.4) is 0 Å². The van der Waals surface area contributed by atoms with Crippen LogP contribution in [0.25, 0.3) is 0 Å². The predicted molar refractivity (Wildman–Crippen MR) is 82.6 cm³/mol. The Labute approximate surface area is 122 Å². The maximum absolute atomic E-state index is 9.67. The second-order valence-electron chi connectivity index (χ2n) is 5.51. The molecule has 0 bridgehead atoms. The fourth-order valence-electron chi connectivity index (χ4n) is 2.41. The second kappa shape index (κ2) is 7.28. The predicted octanol–water partition coefficient (Wildman–Crippen LogP) is 4.13. The third-order valence-electron chi connectivity index (χ3n) is 4.43. The van der Waals surface area contributed by atoms with Gasteiger partial charge in [-0.15, -0.1) is 0 Å². The van der Waals surface area contributed by atoms with Gasteiger partial charge in [0.1, 0.15) is 0 Å². The van der Waals surface area contributed by atoms with Gasteiger partial charge in [0.05, 0.1) is 0 Å². The first-order valence-corrected chi connectivity index (χ1v) is 7.42. The summed E-state index contributed by atoms with van der Waals surface area (Å²) in [5.41, 5.74) is 1.26. The Kier molecular flexibility index (Phi) is 6.31. The average molecular weight is 284 g/mol. The van der Waals surface area contributed by atoms with Crippen molar-refractivity contribution in [1.29, 1.82) is 0 Å². The molecule has 0 aliphatic rings. The van der Waals surface area contributed by atoms with Gasteiger partial charge in [0.15, 0.2) is 0 Å². The molecule has 1 atom stereocenters. The molecule has 1 aromatic rings. The molecular weight excluding hydrogens is 258 g/mol. The quantitative estimate of drug-likeness (QED) is 0.813. The van der Waals surface area contributed by atoms with Crippen LogP contribution in [0.1, 0.15) is 45.2 Å². The van der Waals surface area contributed by atoms with E-state index in [1.54, 1.807) is 0 Å². The number of aliphatic hydroxyl groups excluding tert-OH is 1. The lowest BCUT2D eigenvalue weighted by atomic mass is 9.82. The molecule has 19 heavy (non-hydrogen) atoms. The van der Waals surface area contributed by atoms with Gasteiger partial charge in [-0.3, -0.25) is 4.90 Å². The van der Waals surface area contributed by atoms with Crippen molar-refractivity contribution in [2.75, 3.05) is 20.2 Å². The van der Waals surface area contributed by atoms with Crippen molar-refractivity contribution >= 4 is 11.6 Å². The van der Waals surface area contributed by atoms with Gasteiger partial charge in [-0.05, 0) is 44.5 Å². The molecule has 1 N–H and O–H groups in total. The lowest BCUT2D eigenvalue weighted by Crippen LogP contribution is -2.38. The smallest absolute Gasteiger partial charge is 0.0499 e. The van der Waals surface area contributed by atoms with E-state index in [2.05, 4.69) is 44.9 Å². The number of nitrogens with zero attached hydrogens (tertiary/aromatic N) is 1. The summed E-state index contributed by atoms with van der Waals surface area (Å²) in [5.74, 6) is 0. The van der Waals surface area contributed by atoms with E-state index in [9.17, 15) is 5.11 Å². The minimum absolute atomic E-state index is 0.00936. The van der Waals surface area contributed by atoms with Gasteiger partial charge in [0, 0.05) is 29.6 Å². The first kappa shape index (κ1) is 16.5. The second-order valence-corrected chi connectivity index (χ2v) is 5.94. The number of hydrogen-bond donors (Lipinski definition) is 1. The maximum Gasteiger partial charge on any atom is 0.0499 e. The molecule has 0 saturated carbocycles. The van der Waals surface area contributed by atoms with E-state index in [0.29, 0.717) is 6.04 Å². The highest BCUT2D eigenvalue weighted by Crippen LogP contribution is 2.30. The molecule has 1 unspecified atom stereocenters. The zero-order valence-corrected chi connectivity index (χ0v) is 13.2. The molecule has 0 fully saturated rings. The van der Waals surface area contributed by atoms with Crippen LogP contribution in [0.4, 0.5) is 0 Å². The lowest BCUT2D eigenvalue weighted by Gasteiger charge is -2.37. The standard InChI is InChI=1S/C16H26ClNO/c1-5-16(6-2,12-19)11-18(4)13(3)14-7-9-15(17)10-8-14/h7-10,13,19H,5-6,11-12H2,1-4H3. The lowest BCUT2D eigenvalue weighted by molar-refractivity contribution is 0.0622. The molecule has 108 valence electrons. The van der Waals surface area contributed by atoms with E-state index in [1.807, 2.05) is 12.1 Å². The van der Waals surface area contributed by atoms with Crippen molar-refractivity contribution in [2.45, 2.75) is 39.7 Å². The Morgan fingerprint density at radius 1 is 1.21 bits per heavy atom. The molecule has 0 amide bonds. The zero-order valence-electron chi connectivity index (χ0n) is 12.5. The summed E-state index contributed by atoms with van der Waals surface area (Å²) in [6.45, 7) is 7.65. The van der Waals surface area contributed by atoms with Crippen molar-refractivity contribution < 1.29 is 5.11 Å². The topological polar surface area (TPSA) is 23.5 Å². The van der Waals surface area contributed by atoms with Gasteiger partial charge in [-0.1, -0.05) is 37.6 Å². The fourth-order valence-corrected chi connectivity index (χ4v) is 2.53. The minimum atomic E-state index is 0.00936. The highest BCUT2D eigenvalue weighted by atomic mass is 35.5. The average Bonchev–Trinajstić information content (AvgIpc) is 2.45. The largest absolute Gasteiger partial charge is 0.396 e. The summed E-state index contributed by atoms with van der Waals surface area (Å²) in [6, 6.07) is 8.32. The molecule has 1 rings (SSSR count). The van der Waals surface area contributed by atoms with E-state index in [4.69, 9.17) is 11.6 Å². The monoisotopic (exact) mass is 283 g/mol. The molecule has 0 aliphatic carbocycles. The summed E-state index contributed by atoms with van der Waals surface area (Å²) >= 11 is 5.92. The maximum atomic E-state index is 9.67. The van der Waals surface area contributed by atoms with Gasteiger partial charge in [0.2, 0.25) is 0 Å². The number of aliphatic hydroxyl groups is 1. The van der Waals surface area contributed by atoms with Gasteiger partial charge in [-0.2, -0.15) is 0 Å². The summed E-state index contributed by atoms with van der Waals surface area (Å²) in [5, 5.41) is 10.4. The van der Waals surface area contributed by atoms with Gasteiger partial charge >= 0.3 is 0 Å². The van der Waals surface area contributed by atoms with E-state index in [1.165, 1.54) is 5.56 Å². The number of halogens is 1.